The first kappa shape index (κ1) is 18.7. The third-order valence-electron chi connectivity index (χ3n) is 5.17. The van der Waals surface area contributed by atoms with Gasteiger partial charge in [-0.2, -0.15) is 5.48 Å². The van der Waals surface area contributed by atoms with E-state index in [-0.39, 0.29) is 11.9 Å². The summed E-state index contributed by atoms with van der Waals surface area (Å²) in [6, 6.07) is 21.9. The van der Waals surface area contributed by atoms with Gasteiger partial charge in [-0.05, 0) is 61.7 Å². The molecule has 1 aromatic heterocycles. The van der Waals surface area contributed by atoms with Crippen LogP contribution in [-0.2, 0) is 11.3 Å². The average molecular weight is 376 g/mol. The third kappa shape index (κ3) is 3.53. The highest BCUT2D eigenvalue weighted by atomic mass is 19.1. The van der Waals surface area contributed by atoms with E-state index in [0.717, 1.165) is 29.6 Å². The van der Waals surface area contributed by atoms with Gasteiger partial charge < -0.3 is 9.40 Å². The van der Waals surface area contributed by atoms with Crippen molar-refractivity contribution in [1.29, 1.82) is 0 Å². The Morgan fingerprint density at radius 2 is 1.75 bits per heavy atom. The lowest BCUT2D eigenvalue weighted by atomic mass is 10.0. The number of hydroxylamine groups is 1. The Kier molecular flexibility index (Phi) is 5.42. The molecule has 1 N–H and O–H groups in total. The number of halogens is 1. The zero-order valence-electron chi connectivity index (χ0n) is 16.3. The number of nitrogens with zero attached hydrogens (tertiary/aromatic N) is 1. The van der Waals surface area contributed by atoms with E-state index in [4.69, 9.17) is 4.84 Å². The normalized spacial score (nSPS) is 12.7. The molecule has 144 valence electrons. The molecule has 0 saturated carbocycles. The predicted octanol–water partition coefficient (Wildman–Crippen LogP) is 5.79. The summed E-state index contributed by atoms with van der Waals surface area (Å²) in [5.74, 6) is -0.229. The summed E-state index contributed by atoms with van der Waals surface area (Å²) in [6.07, 6.45) is 1.88. The summed E-state index contributed by atoms with van der Waals surface area (Å²) in [5, 5.41) is 2.36. The molecule has 0 fully saturated rings. The van der Waals surface area contributed by atoms with Gasteiger partial charge in [-0.25, -0.2) is 4.39 Å². The molecule has 4 rings (SSSR count). The Bertz CT molecular complexity index is 1100. The van der Waals surface area contributed by atoms with Gasteiger partial charge in [0.05, 0.1) is 17.6 Å². The Hall–Kier alpha value is -2.69. The van der Waals surface area contributed by atoms with Crippen molar-refractivity contribution in [2.75, 3.05) is 6.61 Å². The molecule has 4 aromatic rings. The van der Waals surface area contributed by atoms with Gasteiger partial charge in [0.2, 0.25) is 0 Å². The van der Waals surface area contributed by atoms with Crippen LogP contribution in [-0.4, -0.2) is 17.2 Å². The fourth-order valence-electron chi connectivity index (χ4n) is 3.80. The van der Waals surface area contributed by atoms with Gasteiger partial charge in [-0.1, -0.05) is 37.3 Å². The molecule has 1 atom stereocenters. The van der Waals surface area contributed by atoms with Crippen molar-refractivity contribution >= 4 is 21.8 Å². The van der Waals surface area contributed by atoms with Gasteiger partial charge in [0.15, 0.2) is 0 Å². The van der Waals surface area contributed by atoms with Crippen LogP contribution in [0.4, 0.5) is 4.39 Å². The standard InChI is InChI=1S/C24H25FN2O/c1-3-19(26-28-4-2)14-17-12-13-24-22(15-17)21-10-5-6-11-23(21)27(24)20-9-7-8-18(25)16-20/h5-13,15-16,19,26H,3-4,14H2,1-2H3. The quantitative estimate of drug-likeness (QED) is 0.414. The summed E-state index contributed by atoms with van der Waals surface area (Å²) in [5.41, 5.74) is 7.41. The second kappa shape index (κ2) is 8.13. The summed E-state index contributed by atoms with van der Waals surface area (Å²) in [6.45, 7) is 4.79. The van der Waals surface area contributed by atoms with E-state index in [9.17, 15) is 4.39 Å². The van der Waals surface area contributed by atoms with Crippen molar-refractivity contribution in [1.82, 2.24) is 10.0 Å². The van der Waals surface area contributed by atoms with Crippen LogP contribution in [0, 0.1) is 5.82 Å². The van der Waals surface area contributed by atoms with Crippen LogP contribution < -0.4 is 5.48 Å². The van der Waals surface area contributed by atoms with E-state index in [2.05, 4.69) is 53.4 Å². The van der Waals surface area contributed by atoms with Gasteiger partial charge in [-0.3, -0.25) is 0 Å². The van der Waals surface area contributed by atoms with Crippen molar-refractivity contribution in [3.63, 3.8) is 0 Å². The van der Waals surface area contributed by atoms with Crippen LogP contribution in [0.5, 0.6) is 0 Å². The van der Waals surface area contributed by atoms with E-state index >= 15 is 0 Å². The van der Waals surface area contributed by atoms with Crippen LogP contribution in [0.1, 0.15) is 25.8 Å². The van der Waals surface area contributed by atoms with E-state index in [1.54, 1.807) is 12.1 Å². The first-order chi connectivity index (χ1) is 13.7. The van der Waals surface area contributed by atoms with E-state index in [0.29, 0.717) is 6.61 Å². The first-order valence-corrected chi connectivity index (χ1v) is 9.86. The molecule has 0 aliphatic carbocycles. The molecule has 1 heterocycles. The lowest BCUT2D eigenvalue weighted by molar-refractivity contribution is 0.0236. The minimum absolute atomic E-state index is 0.229. The zero-order valence-corrected chi connectivity index (χ0v) is 16.3. The maximum absolute atomic E-state index is 13.9. The molecule has 0 aliphatic heterocycles. The Morgan fingerprint density at radius 1 is 0.929 bits per heavy atom. The molecule has 0 bridgehead atoms. The maximum atomic E-state index is 13.9. The molecule has 1 unspecified atom stereocenters. The number of para-hydroxylation sites is 1. The van der Waals surface area contributed by atoms with Crippen molar-refractivity contribution in [3.05, 3.63) is 78.1 Å². The van der Waals surface area contributed by atoms with Crippen LogP contribution in [0.15, 0.2) is 66.7 Å². The summed E-state index contributed by atoms with van der Waals surface area (Å²) in [7, 11) is 0. The molecule has 3 nitrogen and oxygen atoms in total. The van der Waals surface area contributed by atoms with Crippen molar-refractivity contribution in [2.24, 2.45) is 0 Å². The van der Waals surface area contributed by atoms with Crippen molar-refractivity contribution < 1.29 is 9.23 Å². The molecule has 0 spiro atoms. The van der Waals surface area contributed by atoms with Crippen LogP contribution >= 0.6 is 0 Å². The fraction of sp³-hybridized carbons (Fsp3) is 0.250. The molecule has 28 heavy (non-hydrogen) atoms. The molecule has 0 aliphatic rings. The molecule has 0 saturated heterocycles. The molecule has 0 amide bonds. The number of fused-ring (bicyclic) bond motifs is 3. The Labute approximate surface area is 164 Å². The molecule has 3 aromatic carbocycles. The number of rotatable bonds is 7. The minimum atomic E-state index is -0.229. The summed E-state index contributed by atoms with van der Waals surface area (Å²) in [4.78, 5) is 5.40. The SMILES string of the molecule is CCONC(CC)Cc1ccc2c(c1)c1ccccc1n2-c1cccc(F)c1. The first-order valence-electron chi connectivity index (χ1n) is 9.86. The third-order valence-corrected chi connectivity index (χ3v) is 5.17. The summed E-state index contributed by atoms with van der Waals surface area (Å²) >= 11 is 0. The lowest BCUT2D eigenvalue weighted by Crippen LogP contribution is -2.30. The Balaban J connectivity index is 1.83. The maximum Gasteiger partial charge on any atom is 0.125 e. The number of hydrogen-bond donors (Lipinski definition) is 1. The number of benzene rings is 3. The van der Waals surface area contributed by atoms with Crippen molar-refractivity contribution in [3.8, 4) is 5.69 Å². The van der Waals surface area contributed by atoms with Gasteiger partial charge in [-0.15, -0.1) is 0 Å². The highest BCUT2D eigenvalue weighted by Gasteiger charge is 2.14. The topological polar surface area (TPSA) is 26.2 Å². The van der Waals surface area contributed by atoms with Gasteiger partial charge in [0, 0.05) is 22.5 Å². The smallest absolute Gasteiger partial charge is 0.125 e. The highest BCUT2D eigenvalue weighted by Crippen LogP contribution is 2.33. The van der Waals surface area contributed by atoms with Crippen molar-refractivity contribution in [2.45, 2.75) is 32.7 Å². The molecular weight excluding hydrogens is 351 g/mol. The molecular formula is C24H25FN2O. The van der Waals surface area contributed by atoms with Gasteiger partial charge >= 0.3 is 0 Å². The number of hydrogen-bond acceptors (Lipinski definition) is 2. The predicted molar refractivity (Wildman–Crippen MR) is 113 cm³/mol. The molecule has 4 heteroatoms. The van der Waals surface area contributed by atoms with Crippen LogP contribution in [0.2, 0.25) is 0 Å². The zero-order chi connectivity index (χ0) is 19.5. The highest BCUT2D eigenvalue weighted by molar-refractivity contribution is 6.09. The van der Waals surface area contributed by atoms with Crippen LogP contribution in [0.25, 0.3) is 27.5 Å². The lowest BCUT2D eigenvalue weighted by Gasteiger charge is -2.16. The second-order valence-electron chi connectivity index (χ2n) is 7.04. The van der Waals surface area contributed by atoms with Gasteiger partial charge in [0.25, 0.3) is 0 Å². The van der Waals surface area contributed by atoms with E-state index in [1.165, 1.54) is 22.4 Å². The molecule has 0 radical (unpaired) electrons. The monoisotopic (exact) mass is 376 g/mol. The second-order valence-corrected chi connectivity index (χ2v) is 7.04. The van der Waals surface area contributed by atoms with E-state index < -0.39 is 0 Å². The summed E-state index contributed by atoms with van der Waals surface area (Å²) < 4.78 is 16.0. The number of aromatic nitrogens is 1. The fourth-order valence-corrected chi connectivity index (χ4v) is 3.80. The van der Waals surface area contributed by atoms with Gasteiger partial charge in [0.1, 0.15) is 5.82 Å². The van der Waals surface area contributed by atoms with E-state index in [1.807, 2.05) is 19.1 Å². The average Bonchev–Trinajstić information content (AvgIpc) is 3.05. The van der Waals surface area contributed by atoms with Crippen LogP contribution in [0.3, 0.4) is 0 Å². The number of nitrogens with one attached hydrogen (secondary N) is 1. The Morgan fingerprint density at radius 3 is 2.54 bits per heavy atom. The minimum Gasteiger partial charge on any atom is -0.309 e. The largest absolute Gasteiger partial charge is 0.309 e.